The molecular weight excluding hydrogens is 488 g/mol. The van der Waals surface area contributed by atoms with Crippen LogP contribution in [0.25, 0.3) is 21.5 Å². The van der Waals surface area contributed by atoms with E-state index in [-0.39, 0.29) is 21.7 Å². The van der Waals surface area contributed by atoms with Crippen molar-refractivity contribution in [3.63, 3.8) is 0 Å². The number of rotatable bonds is 0. The van der Waals surface area contributed by atoms with E-state index in [9.17, 15) is 10.2 Å². The number of hydrogen-bond donors (Lipinski definition) is 2. The molecule has 4 aliphatic rings. The van der Waals surface area contributed by atoms with Crippen LogP contribution in [0, 0.1) is 57.2 Å². The van der Waals surface area contributed by atoms with Crippen molar-refractivity contribution in [2.24, 2.45) is 33.5 Å². The Bertz CT molecular complexity index is 1520. The molecule has 4 saturated carbocycles. The average molecular weight is 531 g/mol. The van der Waals surface area contributed by atoms with Crippen molar-refractivity contribution in [1.82, 2.24) is 0 Å². The Morgan fingerprint density at radius 2 is 0.900 bits per heavy atom. The van der Waals surface area contributed by atoms with Gasteiger partial charge in [-0.2, -0.15) is 0 Å². The molecule has 3 aromatic rings. The van der Waals surface area contributed by atoms with Crippen LogP contribution in [0.2, 0.25) is 0 Å². The monoisotopic (exact) mass is 530 g/mol. The Balaban J connectivity index is 1.40. The van der Waals surface area contributed by atoms with Crippen molar-refractivity contribution in [2.45, 2.75) is 91.3 Å². The molecule has 2 heteroatoms. The van der Waals surface area contributed by atoms with E-state index in [1.807, 2.05) is 0 Å². The van der Waals surface area contributed by atoms with E-state index < -0.39 is 11.2 Å². The van der Waals surface area contributed by atoms with Crippen molar-refractivity contribution < 1.29 is 10.2 Å². The van der Waals surface area contributed by atoms with Crippen molar-refractivity contribution in [1.29, 1.82) is 0 Å². The molecule has 206 valence electrons. The van der Waals surface area contributed by atoms with Gasteiger partial charge in [-0.25, -0.2) is 0 Å². The fourth-order valence-corrected chi connectivity index (χ4v) is 9.66. The summed E-state index contributed by atoms with van der Waals surface area (Å²) in [4.78, 5) is 0. The summed E-state index contributed by atoms with van der Waals surface area (Å²) in [5, 5.41) is 28.2. The van der Waals surface area contributed by atoms with Gasteiger partial charge in [0.05, 0.1) is 0 Å². The van der Waals surface area contributed by atoms with Crippen LogP contribution in [0.4, 0.5) is 0 Å². The maximum Gasteiger partial charge on any atom is 0.131 e. The summed E-state index contributed by atoms with van der Waals surface area (Å²) in [5.74, 6) is 15.0. The topological polar surface area (TPSA) is 40.5 Å². The van der Waals surface area contributed by atoms with E-state index >= 15 is 0 Å². The average Bonchev–Trinajstić information content (AvgIpc) is 3.41. The Morgan fingerprint density at radius 3 is 1.15 bits per heavy atom. The molecule has 40 heavy (non-hydrogen) atoms. The fourth-order valence-electron chi connectivity index (χ4n) is 9.66. The summed E-state index contributed by atoms with van der Waals surface area (Å²) >= 11 is 0. The molecule has 4 bridgehead atoms. The van der Waals surface area contributed by atoms with E-state index in [0.29, 0.717) is 11.8 Å². The lowest BCUT2D eigenvalue weighted by molar-refractivity contribution is -0.0434. The first-order chi connectivity index (χ1) is 18.8. The Labute approximate surface area is 239 Å². The van der Waals surface area contributed by atoms with Gasteiger partial charge in [0.15, 0.2) is 0 Å². The second kappa shape index (κ2) is 7.94. The normalized spacial score (nSPS) is 38.3. The lowest BCUT2D eigenvalue weighted by Crippen LogP contribution is -2.46. The highest BCUT2D eigenvalue weighted by molar-refractivity contribution is 6.09. The minimum atomic E-state index is -0.993. The van der Waals surface area contributed by atoms with E-state index in [1.165, 1.54) is 12.8 Å². The van der Waals surface area contributed by atoms with Crippen molar-refractivity contribution in [3.8, 4) is 23.7 Å². The lowest BCUT2D eigenvalue weighted by atomic mass is 9.64. The smallest absolute Gasteiger partial charge is 0.131 e. The summed E-state index contributed by atoms with van der Waals surface area (Å²) < 4.78 is 0. The summed E-state index contributed by atoms with van der Waals surface area (Å²) in [7, 11) is 0. The van der Waals surface area contributed by atoms with E-state index in [4.69, 9.17) is 0 Å². The zero-order chi connectivity index (χ0) is 28.3. The van der Waals surface area contributed by atoms with Crippen molar-refractivity contribution in [3.05, 3.63) is 59.7 Å². The largest absolute Gasteiger partial charge is 0.377 e. The Kier molecular flexibility index (Phi) is 5.19. The third-order valence-corrected chi connectivity index (χ3v) is 13.5. The zero-order valence-corrected chi connectivity index (χ0v) is 24.9. The molecule has 0 saturated heterocycles. The number of fused-ring (bicyclic) bond motifs is 6. The molecule has 2 unspecified atom stereocenters. The molecule has 0 spiro atoms. The molecule has 0 aromatic heterocycles. The van der Waals surface area contributed by atoms with Gasteiger partial charge in [-0.15, -0.1) is 0 Å². The molecular formula is C38H42O2. The van der Waals surface area contributed by atoms with Crippen LogP contribution in [-0.2, 0) is 0 Å². The minimum absolute atomic E-state index is 0.0746. The lowest BCUT2D eigenvalue weighted by Gasteiger charge is -2.42. The highest BCUT2D eigenvalue weighted by Crippen LogP contribution is 2.70. The molecule has 4 fully saturated rings. The standard InChI is InChI=1S/C38H42O2/c1-33(2)25-15-19-35(33,5)37(39,23-25)21-17-31-27-11-7-9-13-29(27)32(30-14-10-8-12-28(30)31)18-22-38(40)24-26-16-20-36(38,6)34(26,3)4/h7-14,25-26,39-40H,15-16,19-20,23-24H2,1-6H3/t25?,26?,35-,36-,37-,38-/m1/s1. The number of benzene rings is 3. The highest BCUT2D eigenvalue weighted by atomic mass is 16.3. The van der Waals surface area contributed by atoms with E-state index in [0.717, 1.165) is 58.4 Å². The predicted molar refractivity (Wildman–Crippen MR) is 164 cm³/mol. The van der Waals surface area contributed by atoms with Gasteiger partial charge in [-0.05, 0) is 82.7 Å². The molecule has 0 radical (unpaired) electrons. The van der Waals surface area contributed by atoms with Gasteiger partial charge in [0.2, 0.25) is 0 Å². The molecule has 6 atom stereocenters. The van der Waals surface area contributed by atoms with Crippen molar-refractivity contribution >= 4 is 21.5 Å². The number of aliphatic hydroxyl groups is 2. The SMILES string of the molecule is CC1(C)C2CC[C@@]1(C)[C@@](O)(C#Cc1c3ccccc3c(C#C[C@@]3(O)CC4CC[C@]3(C)C4(C)C)c3ccccc13)C2. The van der Waals surface area contributed by atoms with Gasteiger partial charge in [0, 0.05) is 22.0 Å². The third kappa shape index (κ3) is 3.00. The van der Waals surface area contributed by atoms with Crippen LogP contribution in [0.5, 0.6) is 0 Å². The van der Waals surface area contributed by atoms with Crippen LogP contribution in [0.1, 0.15) is 91.2 Å². The first kappa shape index (κ1) is 26.1. The molecule has 7 rings (SSSR count). The molecule has 2 N–H and O–H groups in total. The zero-order valence-electron chi connectivity index (χ0n) is 24.9. The minimum Gasteiger partial charge on any atom is -0.377 e. The first-order valence-electron chi connectivity index (χ1n) is 15.2. The number of hydrogen-bond acceptors (Lipinski definition) is 2. The molecule has 2 nitrogen and oxygen atoms in total. The maximum absolute atomic E-state index is 12.0. The predicted octanol–water partition coefficient (Wildman–Crippen LogP) is 7.85. The summed E-state index contributed by atoms with van der Waals surface area (Å²) in [5.41, 5.74) is -0.345. The Morgan fingerprint density at radius 1 is 0.575 bits per heavy atom. The van der Waals surface area contributed by atoms with Gasteiger partial charge in [0.1, 0.15) is 11.2 Å². The van der Waals surface area contributed by atoms with Crippen LogP contribution in [0.3, 0.4) is 0 Å². The summed E-state index contributed by atoms with van der Waals surface area (Å²) in [6.07, 6.45) is 5.89. The van der Waals surface area contributed by atoms with Crippen LogP contribution >= 0.6 is 0 Å². The molecule has 0 amide bonds. The van der Waals surface area contributed by atoms with Gasteiger partial charge in [-0.3, -0.25) is 0 Å². The Hall–Kier alpha value is -2.78. The van der Waals surface area contributed by atoms with E-state index in [2.05, 4.69) is 114 Å². The van der Waals surface area contributed by atoms with Crippen LogP contribution in [0.15, 0.2) is 48.5 Å². The van der Waals surface area contributed by atoms with Gasteiger partial charge < -0.3 is 10.2 Å². The molecule has 4 aliphatic carbocycles. The van der Waals surface area contributed by atoms with Crippen LogP contribution < -0.4 is 0 Å². The second-order valence-electron chi connectivity index (χ2n) is 15.0. The first-order valence-corrected chi connectivity index (χ1v) is 15.2. The summed E-state index contributed by atoms with van der Waals surface area (Å²) in [6.45, 7) is 13.7. The van der Waals surface area contributed by atoms with E-state index in [1.54, 1.807) is 0 Å². The van der Waals surface area contributed by atoms with Crippen LogP contribution in [-0.4, -0.2) is 21.4 Å². The molecule has 0 aliphatic heterocycles. The fraction of sp³-hybridized carbons (Fsp3) is 0.526. The van der Waals surface area contributed by atoms with Gasteiger partial charge in [-0.1, -0.05) is 114 Å². The maximum atomic E-state index is 12.0. The molecule has 0 heterocycles. The quantitative estimate of drug-likeness (QED) is 0.229. The highest BCUT2D eigenvalue weighted by Gasteiger charge is 2.69. The summed E-state index contributed by atoms with van der Waals surface area (Å²) in [6, 6.07) is 16.8. The van der Waals surface area contributed by atoms with Gasteiger partial charge in [0.25, 0.3) is 0 Å². The van der Waals surface area contributed by atoms with Gasteiger partial charge >= 0.3 is 0 Å². The third-order valence-electron chi connectivity index (χ3n) is 13.5. The second-order valence-corrected chi connectivity index (χ2v) is 15.0. The van der Waals surface area contributed by atoms with Crippen molar-refractivity contribution in [2.75, 3.05) is 0 Å². The molecule has 3 aromatic carbocycles.